The summed E-state index contributed by atoms with van der Waals surface area (Å²) in [5.41, 5.74) is 0.667. The van der Waals surface area contributed by atoms with E-state index in [1.807, 2.05) is 19.9 Å². The van der Waals surface area contributed by atoms with E-state index in [1.165, 1.54) is 4.31 Å². The molecule has 2 saturated heterocycles. The third-order valence-corrected chi connectivity index (χ3v) is 10.1. The summed E-state index contributed by atoms with van der Waals surface area (Å²) in [6.45, 7) is 4.42. The Kier molecular flexibility index (Phi) is 7.61. The van der Waals surface area contributed by atoms with Crippen molar-refractivity contribution in [1.29, 1.82) is 0 Å². The van der Waals surface area contributed by atoms with Crippen molar-refractivity contribution in [3.63, 3.8) is 0 Å². The first-order valence-electron chi connectivity index (χ1n) is 10.8. The molecule has 32 heavy (non-hydrogen) atoms. The van der Waals surface area contributed by atoms with Gasteiger partial charge < -0.3 is 10.2 Å². The van der Waals surface area contributed by atoms with Gasteiger partial charge in [0.05, 0.1) is 16.8 Å². The normalized spacial score (nSPS) is 22.6. The molecule has 3 rings (SSSR count). The van der Waals surface area contributed by atoms with E-state index in [2.05, 4.69) is 5.32 Å². The van der Waals surface area contributed by atoms with Crippen LogP contribution in [0.2, 0.25) is 0 Å². The highest BCUT2D eigenvalue weighted by molar-refractivity contribution is 7.95. The molecule has 0 bridgehead atoms. The van der Waals surface area contributed by atoms with Crippen LogP contribution in [0.4, 0.5) is 0 Å². The fourth-order valence-corrected chi connectivity index (χ4v) is 8.59. The lowest BCUT2D eigenvalue weighted by atomic mass is 10.0. The van der Waals surface area contributed by atoms with Crippen molar-refractivity contribution in [1.82, 2.24) is 14.5 Å². The van der Waals surface area contributed by atoms with E-state index in [-0.39, 0.29) is 61.8 Å². The van der Waals surface area contributed by atoms with Crippen molar-refractivity contribution in [2.45, 2.75) is 38.0 Å². The quantitative estimate of drug-likeness (QED) is 0.602. The van der Waals surface area contributed by atoms with Gasteiger partial charge in [0.2, 0.25) is 21.8 Å². The van der Waals surface area contributed by atoms with Gasteiger partial charge in [-0.1, -0.05) is 44.2 Å². The number of amides is 2. The molecule has 0 aliphatic carbocycles. The highest BCUT2D eigenvalue weighted by Crippen LogP contribution is 2.24. The highest BCUT2D eigenvalue weighted by Gasteiger charge is 2.42. The Bertz CT molecular complexity index is 1030. The predicted molar refractivity (Wildman–Crippen MR) is 121 cm³/mol. The topological polar surface area (TPSA) is 121 Å². The summed E-state index contributed by atoms with van der Waals surface area (Å²) in [6, 6.07) is 8.13. The maximum Gasteiger partial charge on any atom is 0.249 e. The van der Waals surface area contributed by atoms with E-state index in [9.17, 15) is 26.4 Å². The Morgan fingerprint density at radius 3 is 2.25 bits per heavy atom. The summed E-state index contributed by atoms with van der Waals surface area (Å²) in [5, 5.41) is 1.91. The van der Waals surface area contributed by atoms with Gasteiger partial charge in [0.15, 0.2) is 9.84 Å². The first-order valence-corrected chi connectivity index (χ1v) is 14.1. The number of nitrogens with one attached hydrogen (secondary N) is 1. The average molecular weight is 486 g/mol. The molecular formula is C21H31N3O6S2. The molecule has 0 radical (unpaired) electrons. The summed E-state index contributed by atoms with van der Waals surface area (Å²) in [4.78, 5) is 27.2. The van der Waals surface area contributed by atoms with Crippen LogP contribution in [0.3, 0.4) is 0 Å². The summed E-state index contributed by atoms with van der Waals surface area (Å²) in [6.07, 6.45) is 0.411. The summed E-state index contributed by atoms with van der Waals surface area (Å²) in [5.74, 6) is -0.800. The molecular weight excluding hydrogens is 454 g/mol. The molecule has 2 amide bonds. The van der Waals surface area contributed by atoms with Crippen LogP contribution < -0.4 is 5.32 Å². The van der Waals surface area contributed by atoms with E-state index in [4.69, 9.17) is 0 Å². The van der Waals surface area contributed by atoms with Crippen molar-refractivity contribution >= 4 is 31.7 Å². The first-order chi connectivity index (χ1) is 15.0. The molecule has 2 unspecified atom stereocenters. The maximum atomic E-state index is 13.3. The lowest BCUT2D eigenvalue weighted by Gasteiger charge is -2.37. The number of hydrogen-bond acceptors (Lipinski definition) is 6. The van der Waals surface area contributed by atoms with Crippen LogP contribution in [-0.4, -0.2) is 80.8 Å². The zero-order valence-corrected chi connectivity index (χ0v) is 20.1. The smallest absolute Gasteiger partial charge is 0.249 e. The van der Waals surface area contributed by atoms with Crippen LogP contribution in [0.1, 0.15) is 38.3 Å². The van der Waals surface area contributed by atoms with Crippen molar-refractivity contribution < 1.29 is 26.4 Å². The van der Waals surface area contributed by atoms with Crippen molar-refractivity contribution in [2.24, 2.45) is 5.92 Å². The van der Waals surface area contributed by atoms with E-state index >= 15 is 0 Å². The fraction of sp³-hybridized carbons (Fsp3) is 0.619. The minimum Gasteiger partial charge on any atom is -0.341 e. The summed E-state index contributed by atoms with van der Waals surface area (Å²) < 4.78 is 50.4. The lowest BCUT2D eigenvalue weighted by molar-refractivity contribution is -0.137. The van der Waals surface area contributed by atoms with Gasteiger partial charge in [-0.2, -0.15) is 4.31 Å². The van der Waals surface area contributed by atoms with Crippen LogP contribution in [0.25, 0.3) is 0 Å². The zero-order chi connectivity index (χ0) is 23.5. The second kappa shape index (κ2) is 9.88. The van der Waals surface area contributed by atoms with Gasteiger partial charge in [-0.05, 0) is 17.9 Å². The molecule has 9 nitrogen and oxygen atoms in total. The van der Waals surface area contributed by atoms with Crippen LogP contribution in [0, 0.1) is 5.92 Å². The molecule has 1 aromatic rings. The van der Waals surface area contributed by atoms with E-state index in [0.29, 0.717) is 12.0 Å². The molecule has 178 valence electrons. The van der Waals surface area contributed by atoms with Crippen molar-refractivity contribution in [3.8, 4) is 0 Å². The molecule has 11 heteroatoms. The Morgan fingerprint density at radius 2 is 1.72 bits per heavy atom. The molecule has 1 aromatic carbocycles. The Hall–Kier alpha value is -1.98. The largest absolute Gasteiger partial charge is 0.341 e. The monoisotopic (exact) mass is 485 g/mol. The molecule has 2 atom stereocenters. The number of sulfonamides is 1. The van der Waals surface area contributed by atoms with Gasteiger partial charge in [-0.3, -0.25) is 9.59 Å². The van der Waals surface area contributed by atoms with E-state index < -0.39 is 31.2 Å². The van der Waals surface area contributed by atoms with Gasteiger partial charge in [0.25, 0.3) is 0 Å². The number of hydrogen-bond donors (Lipinski definition) is 1. The molecule has 2 aliphatic rings. The minimum atomic E-state index is -3.74. The zero-order valence-electron chi connectivity index (χ0n) is 18.4. The molecule has 2 aliphatic heterocycles. The second-order valence-corrected chi connectivity index (χ2v) is 13.2. The highest BCUT2D eigenvalue weighted by atomic mass is 32.2. The second-order valence-electron chi connectivity index (χ2n) is 8.80. The fourth-order valence-electron chi connectivity index (χ4n) is 4.08. The van der Waals surface area contributed by atoms with Gasteiger partial charge in [-0.25, -0.2) is 16.8 Å². The summed E-state index contributed by atoms with van der Waals surface area (Å²) in [7, 11) is -7.05. The van der Waals surface area contributed by atoms with Gasteiger partial charge in [0, 0.05) is 32.6 Å². The SMILES string of the molecule is CC(C)CC(=O)NC(C(=O)N1CCN(S(=O)(=O)C2CCS(=O)(=O)C2)CC1)c1ccccc1. The Balaban J connectivity index is 1.68. The minimum absolute atomic E-state index is 0.103. The number of piperazine rings is 1. The van der Waals surface area contributed by atoms with E-state index in [1.54, 1.807) is 29.2 Å². The molecule has 0 spiro atoms. The number of carbonyl (C=O) groups excluding carboxylic acids is 2. The number of rotatable bonds is 7. The summed E-state index contributed by atoms with van der Waals surface area (Å²) >= 11 is 0. The number of carbonyl (C=O) groups is 2. The predicted octanol–water partition coefficient (Wildman–Crippen LogP) is 0.551. The number of benzene rings is 1. The Labute approximate surface area is 190 Å². The van der Waals surface area contributed by atoms with Crippen molar-refractivity contribution in [2.75, 3.05) is 37.7 Å². The third-order valence-electron chi connectivity index (χ3n) is 5.80. The van der Waals surface area contributed by atoms with Gasteiger partial charge in [0.1, 0.15) is 6.04 Å². The van der Waals surface area contributed by atoms with Crippen LogP contribution in [0.5, 0.6) is 0 Å². The van der Waals surface area contributed by atoms with Crippen LogP contribution >= 0.6 is 0 Å². The lowest BCUT2D eigenvalue weighted by Crippen LogP contribution is -2.54. The first kappa shape index (κ1) is 24.7. The van der Waals surface area contributed by atoms with Gasteiger partial charge in [-0.15, -0.1) is 0 Å². The maximum absolute atomic E-state index is 13.3. The standard InChI is InChI=1S/C21H31N3O6S2/c1-16(2)14-19(25)22-20(17-6-4-3-5-7-17)21(26)23-9-11-24(12-10-23)32(29,30)18-8-13-31(27,28)15-18/h3-7,16,18,20H,8-15H2,1-2H3,(H,22,25). The molecule has 2 fully saturated rings. The van der Waals surface area contributed by atoms with Crippen molar-refractivity contribution in [3.05, 3.63) is 35.9 Å². The van der Waals surface area contributed by atoms with Crippen LogP contribution in [-0.2, 0) is 29.4 Å². The molecule has 0 aromatic heterocycles. The Morgan fingerprint density at radius 1 is 1.09 bits per heavy atom. The van der Waals surface area contributed by atoms with Crippen LogP contribution in [0.15, 0.2) is 30.3 Å². The third kappa shape index (κ3) is 5.87. The van der Waals surface area contributed by atoms with E-state index in [0.717, 1.165) is 0 Å². The van der Waals surface area contributed by atoms with Gasteiger partial charge >= 0.3 is 0 Å². The number of sulfone groups is 1. The average Bonchev–Trinajstić information content (AvgIpc) is 3.12. The molecule has 0 saturated carbocycles. The number of nitrogens with zero attached hydrogens (tertiary/aromatic N) is 2. The molecule has 2 heterocycles. The molecule has 1 N–H and O–H groups in total.